The predicted molar refractivity (Wildman–Crippen MR) is 75.5 cm³/mol. The summed E-state index contributed by atoms with van der Waals surface area (Å²) < 4.78 is 40.5. The van der Waals surface area contributed by atoms with E-state index in [4.69, 9.17) is 16.7 Å². The number of nitrogens with one attached hydrogen (secondary N) is 1. The van der Waals surface area contributed by atoms with Crippen LogP contribution in [-0.4, -0.2) is 25.5 Å². The van der Waals surface area contributed by atoms with Gasteiger partial charge in [0.2, 0.25) is 10.0 Å². The SMILES string of the molecule is CC1CCC(NS(=O)(=O)c2cc(F)c(Cl)c(C(=O)O)c2)C1. The molecule has 0 aromatic heterocycles. The largest absolute Gasteiger partial charge is 0.478 e. The minimum atomic E-state index is -3.97. The van der Waals surface area contributed by atoms with Gasteiger partial charge in [-0.2, -0.15) is 0 Å². The van der Waals surface area contributed by atoms with E-state index in [2.05, 4.69) is 4.72 Å². The second kappa shape index (κ2) is 5.90. The van der Waals surface area contributed by atoms with Gasteiger partial charge in [-0.15, -0.1) is 0 Å². The number of benzene rings is 1. The molecule has 8 heteroatoms. The van der Waals surface area contributed by atoms with Gasteiger partial charge in [0.15, 0.2) is 0 Å². The van der Waals surface area contributed by atoms with E-state index in [0.717, 1.165) is 18.6 Å². The first-order valence-corrected chi connectivity index (χ1v) is 8.31. The molecule has 0 aliphatic heterocycles. The molecular formula is C13H15ClFNO4S. The van der Waals surface area contributed by atoms with Crippen LogP contribution in [0.4, 0.5) is 4.39 Å². The maximum Gasteiger partial charge on any atom is 0.337 e. The van der Waals surface area contributed by atoms with Gasteiger partial charge in [-0.3, -0.25) is 0 Å². The number of carboxylic acids is 1. The molecule has 2 atom stereocenters. The molecule has 0 heterocycles. The fraction of sp³-hybridized carbons (Fsp3) is 0.462. The van der Waals surface area contributed by atoms with E-state index in [1.165, 1.54) is 0 Å². The van der Waals surface area contributed by atoms with Gasteiger partial charge in [-0.05, 0) is 37.3 Å². The van der Waals surface area contributed by atoms with Crippen LogP contribution in [0.2, 0.25) is 5.02 Å². The minimum Gasteiger partial charge on any atom is -0.478 e. The summed E-state index contributed by atoms with van der Waals surface area (Å²) in [6.07, 6.45) is 2.34. The van der Waals surface area contributed by atoms with E-state index in [0.29, 0.717) is 18.8 Å². The van der Waals surface area contributed by atoms with Crippen molar-refractivity contribution < 1.29 is 22.7 Å². The third-order valence-electron chi connectivity index (χ3n) is 3.56. The van der Waals surface area contributed by atoms with Crippen LogP contribution in [-0.2, 0) is 10.0 Å². The van der Waals surface area contributed by atoms with E-state index in [1.54, 1.807) is 0 Å². The molecule has 1 aliphatic rings. The van der Waals surface area contributed by atoms with Gasteiger partial charge in [-0.1, -0.05) is 18.5 Å². The number of rotatable bonds is 4. The second-order valence-corrected chi connectivity index (χ2v) is 7.40. The molecule has 2 rings (SSSR count). The Hall–Kier alpha value is -1.18. The first-order chi connectivity index (χ1) is 9.70. The van der Waals surface area contributed by atoms with Crippen molar-refractivity contribution in [3.05, 3.63) is 28.5 Å². The summed E-state index contributed by atoms with van der Waals surface area (Å²) in [7, 11) is -3.97. The lowest BCUT2D eigenvalue weighted by molar-refractivity contribution is 0.0696. The van der Waals surface area contributed by atoms with Crippen molar-refractivity contribution in [3.8, 4) is 0 Å². The molecule has 5 nitrogen and oxygen atoms in total. The topological polar surface area (TPSA) is 83.5 Å². The van der Waals surface area contributed by atoms with Crippen LogP contribution in [0.3, 0.4) is 0 Å². The highest BCUT2D eigenvalue weighted by Gasteiger charge is 2.28. The lowest BCUT2D eigenvalue weighted by Crippen LogP contribution is -2.33. The molecule has 1 fully saturated rings. The summed E-state index contributed by atoms with van der Waals surface area (Å²) in [5, 5.41) is 8.33. The number of hydrogen-bond acceptors (Lipinski definition) is 3. The van der Waals surface area contributed by atoms with Gasteiger partial charge < -0.3 is 5.11 Å². The van der Waals surface area contributed by atoms with Crippen LogP contribution in [0.5, 0.6) is 0 Å². The van der Waals surface area contributed by atoms with Gasteiger partial charge in [0, 0.05) is 6.04 Å². The lowest BCUT2D eigenvalue weighted by Gasteiger charge is -2.14. The number of carbonyl (C=O) groups is 1. The molecular weight excluding hydrogens is 321 g/mol. The Kier molecular flexibility index (Phi) is 4.55. The number of sulfonamides is 1. The Bertz CT molecular complexity index is 677. The summed E-state index contributed by atoms with van der Waals surface area (Å²) in [4.78, 5) is 10.5. The van der Waals surface area contributed by atoms with E-state index in [-0.39, 0.29) is 6.04 Å². The standard InChI is InChI=1S/C13H15ClFNO4S/c1-7-2-3-8(4-7)16-21(19,20)9-5-10(13(17)18)12(14)11(15)6-9/h5-8,16H,2-4H2,1H3,(H,17,18). The Labute approximate surface area is 127 Å². The van der Waals surface area contributed by atoms with E-state index in [1.807, 2.05) is 6.92 Å². The lowest BCUT2D eigenvalue weighted by atomic mass is 10.1. The first kappa shape index (κ1) is 16.2. The zero-order chi connectivity index (χ0) is 15.8. The average Bonchev–Trinajstić information content (AvgIpc) is 2.76. The van der Waals surface area contributed by atoms with Crippen molar-refractivity contribution in [2.24, 2.45) is 5.92 Å². The monoisotopic (exact) mass is 335 g/mol. The van der Waals surface area contributed by atoms with Crippen molar-refractivity contribution in [1.82, 2.24) is 4.72 Å². The smallest absolute Gasteiger partial charge is 0.337 e. The van der Waals surface area contributed by atoms with Crippen molar-refractivity contribution in [2.45, 2.75) is 37.1 Å². The molecule has 0 amide bonds. The second-order valence-electron chi connectivity index (χ2n) is 5.31. The Morgan fingerprint density at radius 1 is 1.43 bits per heavy atom. The third-order valence-corrected chi connectivity index (χ3v) is 5.44. The molecule has 2 N–H and O–H groups in total. The summed E-state index contributed by atoms with van der Waals surface area (Å²) in [6.45, 7) is 2.03. The van der Waals surface area contributed by atoms with Gasteiger partial charge in [0.1, 0.15) is 5.82 Å². The van der Waals surface area contributed by atoms with E-state index >= 15 is 0 Å². The maximum atomic E-state index is 13.6. The Morgan fingerprint density at radius 2 is 2.10 bits per heavy atom. The van der Waals surface area contributed by atoms with Crippen LogP contribution in [0.25, 0.3) is 0 Å². The van der Waals surface area contributed by atoms with E-state index in [9.17, 15) is 17.6 Å². The normalized spacial score (nSPS) is 22.4. The van der Waals surface area contributed by atoms with Gasteiger partial charge in [-0.25, -0.2) is 22.3 Å². The molecule has 116 valence electrons. The molecule has 1 aromatic rings. The summed E-state index contributed by atoms with van der Waals surface area (Å²) in [5.74, 6) is -2.13. The van der Waals surface area contributed by atoms with Gasteiger partial charge in [0.25, 0.3) is 0 Å². The van der Waals surface area contributed by atoms with Crippen LogP contribution in [0, 0.1) is 11.7 Å². The molecule has 1 aliphatic carbocycles. The molecule has 0 spiro atoms. The first-order valence-electron chi connectivity index (χ1n) is 6.45. The predicted octanol–water partition coefficient (Wildman–Crippen LogP) is 2.64. The number of carboxylic acid groups (broad SMARTS) is 1. The minimum absolute atomic E-state index is 0.211. The molecule has 2 unspecified atom stereocenters. The molecule has 1 aromatic carbocycles. The fourth-order valence-corrected chi connectivity index (χ4v) is 3.99. The highest BCUT2D eigenvalue weighted by molar-refractivity contribution is 7.89. The van der Waals surface area contributed by atoms with Crippen LogP contribution < -0.4 is 4.72 Å². The number of hydrogen-bond donors (Lipinski definition) is 2. The Balaban J connectivity index is 2.34. The van der Waals surface area contributed by atoms with Crippen molar-refractivity contribution >= 4 is 27.6 Å². The fourth-order valence-electron chi connectivity index (χ4n) is 2.48. The summed E-state index contributed by atoms with van der Waals surface area (Å²) in [5.41, 5.74) is -0.572. The zero-order valence-electron chi connectivity index (χ0n) is 11.3. The number of halogens is 2. The third kappa shape index (κ3) is 3.53. The molecule has 0 radical (unpaired) electrons. The van der Waals surface area contributed by atoms with Gasteiger partial charge >= 0.3 is 5.97 Å². The molecule has 21 heavy (non-hydrogen) atoms. The van der Waals surface area contributed by atoms with Crippen molar-refractivity contribution in [1.29, 1.82) is 0 Å². The van der Waals surface area contributed by atoms with Crippen LogP contribution in [0.1, 0.15) is 36.5 Å². The average molecular weight is 336 g/mol. The number of aromatic carboxylic acids is 1. The van der Waals surface area contributed by atoms with Crippen LogP contribution in [0.15, 0.2) is 17.0 Å². The van der Waals surface area contributed by atoms with Crippen LogP contribution >= 0.6 is 11.6 Å². The van der Waals surface area contributed by atoms with Gasteiger partial charge in [0.05, 0.1) is 15.5 Å². The zero-order valence-corrected chi connectivity index (χ0v) is 12.8. The summed E-state index contributed by atoms with van der Waals surface area (Å²) in [6, 6.07) is 1.39. The molecule has 1 saturated carbocycles. The molecule has 0 saturated heterocycles. The summed E-state index contributed by atoms with van der Waals surface area (Å²) >= 11 is 5.53. The Morgan fingerprint density at radius 3 is 2.62 bits per heavy atom. The quantitative estimate of drug-likeness (QED) is 0.886. The maximum absolute atomic E-state index is 13.6. The highest BCUT2D eigenvalue weighted by atomic mass is 35.5. The van der Waals surface area contributed by atoms with E-state index < -0.39 is 37.3 Å². The highest BCUT2D eigenvalue weighted by Crippen LogP contribution is 2.28. The van der Waals surface area contributed by atoms with Crippen molar-refractivity contribution in [3.63, 3.8) is 0 Å². The van der Waals surface area contributed by atoms with Crippen molar-refractivity contribution in [2.75, 3.05) is 0 Å². The molecule has 0 bridgehead atoms.